The van der Waals surface area contributed by atoms with E-state index in [0.717, 1.165) is 26.1 Å². The fraction of sp³-hybridized carbons (Fsp3) is 0.417. The summed E-state index contributed by atoms with van der Waals surface area (Å²) >= 11 is 0. The van der Waals surface area contributed by atoms with Crippen molar-refractivity contribution >= 4 is 6.21 Å². The zero-order valence-corrected chi connectivity index (χ0v) is 8.60. The molecule has 1 rings (SSSR count). The third-order valence-corrected chi connectivity index (χ3v) is 2.17. The van der Waals surface area contributed by atoms with Crippen LogP contribution in [0.2, 0.25) is 0 Å². The van der Waals surface area contributed by atoms with E-state index in [0.29, 0.717) is 6.04 Å². The minimum atomic E-state index is 0.403. The molecule has 1 aliphatic rings. The summed E-state index contributed by atoms with van der Waals surface area (Å²) in [5, 5.41) is 0. The largest absolute Gasteiger partial charge is 0.294 e. The molecule has 2 nitrogen and oxygen atoms in total. The minimum Gasteiger partial charge on any atom is -0.294 e. The highest BCUT2D eigenvalue weighted by Gasteiger charge is 2.10. The number of aliphatic imine (C=N–C) groups is 1. The summed E-state index contributed by atoms with van der Waals surface area (Å²) in [6.45, 7) is 10.3. The molecule has 2 heteroatoms. The van der Waals surface area contributed by atoms with Gasteiger partial charge in [-0.15, -0.1) is 13.2 Å². The molecular weight excluding hydrogens is 172 g/mol. The van der Waals surface area contributed by atoms with Gasteiger partial charge < -0.3 is 0 Å². The Balaban J connectivity index is 2.37. The maximum atomic E-state index is 4.41. The fourth-order valence-electron chi connectivity index (χ4n) is 1.54. The molecule has 0 saturated carbocycles. The van der Waals surface area contributed by atoms with Crippen LogP contribution in [0.1, 0.15) is 6.42 Å². The molecule has 0 amide bonds. The van der Waals surface area contributed by atoms with Gasteiger partial charge in [0.15, 0.2) is 0 Å². The first-order chi connectivity index (χ1) is 6.86. The van der Waals surface area contributed by atoms with E-state index in [-0.39, 0.29) is 0 Å². The van der Waals surface area contributed by atoms with Gasteiger partial charge in [0, 0.05) is 25.8 Å². The Kier molecular flexibility index (Phi) is 4.94. The van der Waals surface area contributed by atoms with Crippen LogP contribution >= 0.6 is 0 Å². The molecular formula is C12H18N2. The van der Waals surface area contributed by atoms with Gasteiger partial charge in [-0.1, -0.05) is 18.2 Å². The second-order valence-electron chi connectivity index (χ2n) is 3.41. The Bertz CT molecular complexity index is 231. The topological polar surface area (TPSA) is 15.6 Å². The molecule has 1 unspecified atom stereocenters. The Morgan fingerprint density at radius 1 is 1.36 bits per heavy atom. The van der Waals surface area contributed by atoms with Gasteiger partial charge in [0.05, 0.1) is 6.04 Å². The first kappa shape index (κ1) is 10.9. The maximum absolute atomic E-state index is 4.41. The van der Waals surface area contributed by atoms with Crippen molar-refractivity contribution in [2.75, 3.05) is 19.6 Å². The predicted octanol–water partition coefficient (Wildman–Crippen LogP) is 2.06. The van der Waals surface area contributed by atoms with Crippen LogP contribution in [0, 0.1) is 0 Å². The molecule has 0 radical (unpaired) electrons. The predicted molar refractivity (Wildman–Crippen MR) is 62.9 cm³/mol. The van der Waals surface area contributed by atoms with Crippen molar-refractivity contribution < 1.29 is 0 Å². The zero-order chi connectivity index (χ0) is 10.2. The van der Waals surface area contributed by atoms with Crippen LogP contribution in [-0.4, -0.2) is 36.8 Å². The number of hydrogen-bond donors (Lipinski definition) is 0. The van der Waals surface area contributed by atoms with Crippen molar-refractivity contribution in [2.45, 2.75) is 12.5 Å². The number of rotatable bonds is 6. The molecule has 0 saturated heterocycles. The van der Waals surface area contributed by atoms with E-state index in [4.69, 9.17) is 0 Å². The van der Waals surface area contributed by atoms with E-state index < -0.39 is 0 Å². The van der Waals surface area contributed by atoms with Gasteiger partial charge in [0.2, 0.25) is 0 Å². The highest BCUT2D eigenvalue weighted by Crippen LogP contribution is 2.06. The first-order valence-corrected chi connectivity index (χ1v) is 4.99. The van der Waals surface area contributed by atoms with Crippen molar-refractivity contribution in [2.24, 2.45) is 4.99 Å². The van der Waals surface area contributed by atoms with E-state index in [2.05, 4.69) is 29.1 Å². The van der Waals surface area contributed by atoms with Gasteiger partial charge in [-0.05, 0) is 12.5 Å². The van der Waals surface area contributed by atoms with E-state index in [1.165, 1.54) is 0 Å². The summed E-state index contributed by atoms with van der Waals surface area (Å²) in [5.41, 5.74) is 0. The summed E-state index contributed by atoms with van der Waals surface area (Å²) < 4.78 is 0. The average Bonchev–Trinajstić information content (AvgIpc) is 2.20. The zero-order valence-electron chi connectivity index (χ0n) is 8.60. The van der Waals surface area contributed by atoms with Crippen LogP contribution in [0.25, 0.3) is 0 Å². The molecule has 76 valence electrons. The SMILES string of the molecule is C=CCN(CC=C)CC1CC=CC=N1. The van der Waals surface area contributed by atoms with Gasteiger partial charge in [-0.2, -0.15) is 0 Å². The van der Waals surface area contributed by atoms with Crippen LogP contribution in [0.3, 0.4) is 0 Å². The summed E-state index contributed by atoms with van der Waals surface area (Å²) in [6, 6.07) is 0.403. The van der Waals surface area contributed by atoms with Crippen LogP contribution in [0.5, 0.6) is 0 Å². The highest BCUT2D eigenvalue weighted by molar-refractivity contribution is 5.72. The second-order valence-corrected chi connectivity index (χ2v) is 3.41. The fourth-order valence-corrected chi connectivity index (χ4v) is 1.54. The van der Waals surface area contributed by atoms with Gasteiger partial charge >= 0.3 is 0 Å². The number of allylic oxidation sites excluding steroid dienone is 1. The van der Waals surface area contributed by atoms with Crippen LogP contribution in [0.4, 0.5) is 0 Å². The van der Waals surface area contributed by atoms with Gasteiger partial charge in [0.25, 0.3) is 0 Å². The van der Waals surface area contributed by atoms with Crippen molar-refractivity contribution in [3.05, 3.63) is 37.5 Å². The molecule has 1 aliphatic heterocycles. The molecule has 0 spiro atoms. The lowest BCUT2D eigenvalue weighted by molar-refractivity contribution is 0.312. The van der Waals surface area contributed by atoms with Crippen LogP contribution in [-0.2, 0) is 0 Å². The van der Waals surface area contributed by atoms with E-state index in [1.807, 2.05) is 24.4 Å². The molecule has 0 bridgehead atoms. The number of nitrogens with zero attached hydrogens (tertiary/aromatic N) is 2. The Morgan fingerprint density at radius 3 is 2.57 bits per heavy atom. The summed E-state index contributed by atoms with van der Waals surface area (Å²) in [5.74, 6) is 0. The first-order valence-electron chi connectivity index (χ1n) is 4.99. The lowest BCUT2D eigenvalue weighted by Crippen LogP contribution is -2.32. The van der Waals surface area contributed by atoms with Crippen molar-refractivity contribution in [3.8, 4) is 0 Å². The van der Waals surface area contributed by atoms with Gasteiger partial charge in [-0.3, -0.25) is 9.89 Å². The number of hydrogen-bond acceptors (Lipinski definition) is 2. The quantitative estimate of drug-likeness (QED) is 0.585. The molecule has 1 heterocycles. The third-order valence-electron chi connectivity index (χ3n) is 2.17. The molecule has 0 aromatic carbocycles. The highest BCUT2D eigenvalue weighted by atomic mass is 15.1. The van der Waals surface area contributed by atoms with Crippen LogP contribution < -0.4 is 0 Å². The second kappa shape index (κ2) is 6.33. The van der Waals surface area contributed by atoms with E-state index in [9.17, 15) is 0 Å². The molecule has 1 atom stereocenters. The van der Waals surface area contributed by atoms with Gasteiger partial charge in [-0.25, -0.2) is 0 Å². The normalized spacial score (nSPS) is 19.9. The Labute approximate surface area is 86.3 Å². The molecule has 0 N–H and O–H groups in total. The van der Waals surface area contributed by atoms with Crippen LogP contribution in [0.15, 0.2) is 42.5 Å². The Hall–Kier alpha value is -1.15. The molecule has 0 aliphatic carbocycles. The van der Waals surface area contributed by atoms with Gasteiger partial charge in [0.1, 0.15) is 0 Å². The number of dihydropyridines is 1. The average molecular weight is 190 g/mol. The monoisotopic (exact) mass is 190 g/mol. The lowest BCUT2D eigenvalue weighted by atomic mass is 10.1. The smallest absolute Gasteiger partial charge is 0.0661 e. The molecule has 0 aromatic rings. The van der Waals surface area contributed by atoms with Crippen molar-refractivity contribution in [3.63, 3.8) is 0 Å². The van der Waals surface area contributed by atoms with E-state index >= 15 is 0 Å². The standard InChI is InChI=1S/C12H18N2/c1-3-9-14(10-4-2)11-12-7-5-6-8-13-12/h3-6,8,12H,1-2,7,9-11H2. The summed E-state index contributed by atoms with van der Waals surface area (Å²) in [4.78, 5) is 6.70. The maximum Gasteiger partial charge on any atom is 0.0661 e. The van der Waals surface area contributed by atoms with E-state index in [1.54, 1.807) is 0 Å². The third kappa shape index (κ3) is 3.71. The Morgan fingerprint density at radius 2 is 2.07 bits per heavy atom. The molecule has 14 heavy (non-hydrogen) atoms. The molecule has 0 aromatic heterocycles. The summed E-state index contributed by atoms with van der Waals surface area (Å²) in [6.07, 6.45) is 10.9. The minimum absolute atomic E-state index is 0.403. The molecule has 0 fully saturated rings. The lowest BCUT2D eigenvalue weighted by Gasteiger charge is -2.23. The summed E-state index contributed by atoms with van der Waals surface area (Å²) in [7, 11) is 0. The van der Waals surface area contributed by atoms with Crippen molar-refractivity contribution in [1.29, 1.82) is 0 Å². The van der Waals surface area contributed by atoms with Crippen molar-refractivity contribution in [1.82, 2.24) is 4.90 Å².